The number of allylic oxidation sites excluding steroid dienone is 3. The molecule has 0 saturated carbocycles. The molecule has 0 radical (unpaired) electrons. The van der Waals surface area contributed by atoms with Crippen LogP contribution in [-0.2, 0) is 0 Å². The van der Waals surface area contributed by atoms with Gasteiger partial charge >= 0.3 is 0 Å². The number of nitrogens with zero attached hydrogens (tertiary/aromatic N) is 1. The molecular formula is C11H18N2. The van der Waals surface area contributed by atoms with E-state index in [2.05, 4.69) is 24.0 Å². The first-order chi connectivity index (χ1) is 6.31. The third-order valence-corrected chi connectivity index (χ3v) is 3.10. The van der Waals surface area contributed by atoms with E-state index in [9.17, 15) is 0 Å². The van der Waals surface area contributed by atoms with Gasteiger partial charge in [0.25, 0.3) is 0 Å². The predicted molar refractivity (Wildman–Crippen MR) is 54.9 cm³/mol. The second-order valence-corrected chi connectivity index (χ2v) is 3.93. The van der Waals surface area contributed by atoms with E-state index in [1.807, 2.05) is 0 Å². The van der Waals surface area contributed by atoms with Gasteiger partial charge < -0.3 is 10.6 Å². The van der Waals surface area contributed by atoms with E-state index < -0.39 is 0 Å². The Labute approximate surface area is 80.1 Å². The lowest BCUT2D eigenvalue weighted by Gasteiger charge is -2.38. The topological polar surface area (TPSA) is 29.3 Å². The molecule has 0 aromatic rings. The molecule has 1 aliphatic heterocycles. The minimum absolute atomic E-state index is 0.751. The van der Waals surface area contributed by atoms with Crippen LogP contribution in [-0.4, -0.2) is 18.0 Å². The number of likely N-dealkylation sites (tertiary alicyclic amines) is 1. The second-order valence-electron chi connectivity index (χ2n) is 3.93. The molecule has 0 aromatic carbocycles. The van der Waals surface area contributed by atoms with Gasteiger partial charge in [-0.05, 0) is 32.3 Å². The monoisotopic (exact) mass is 178 g/mol. The Bertz CT molecular complexity index is 253. The fourth-order valence-electron chi connectivity index (χ4n) is 2.36. The standard InChI is InChI=1S/C11H18N2/c1-2-13-7-3-4-9-5-6-10(12)8-11(9)13/h6,8-9H,2-5,7,12H2,1H3. The quantitative estimate of drug-likeness (QED) is 0.664. The minimum atomic E-state index is 0.751. The van der Waals surface area contributed by atoms with Gasteiger partial charge in [0.1, 0.15) is 0 Å². The van der Waals surface area contributed by atoms with Crippen LogP contribution in [0.4, 0.5) is 0 Å². The molecule has 1 fully saturated rings. The average molecular weight is 178 g/mol. The van der Waals surface area contributed by atoms with Gasteiger partial charge in [0.15, 0.2) is 0 Å². The van der Waals surface area contributed by atoms with Crippen LogP contribution in [0.25, 0.3) is 0 Å². The summed E-state index contributed by atoms with van der Waals surface area (Å²) in [5.41, 5.74) is 8.25. The Balaban J connectivity index is 2.21. The van der Waals surface area contributed by atoms with Gasteiger partial charge in [-0.15, -0.1) is 0 Å². The summed E-state index contributed by atoms with van der Waals surface area (Å²) in [5, 5.41) is 0. The number of piperidine rings is 1. The summed E-state index contributed by atoms with van der Waals surface area (Å²) in [4.78, 5) is 2.47. The number of fused-ring (bicyclic) bond motifs is 1. The van der Waals surface area contributed by atoms with Crippen molar-refractivity contribution in [1.82, 2.24) is 4.90 Å². The smallest absolute Gasteiger partial charge is 0.0291 e. The molecule has 1 saturated heterocycles. The van der Waals surface area contributed by atoms with Gasteiger partial charge in [0.05, 0.1) is 0 Å². The largest absolute Gasteiger partial charge is 0.399 e. The molecule has 0 bridgehead atoms. The molecule has 2 nitrogen and oxygen atoms in total. The van der Waals surface area contributed by atoms with Crippen LogP contribution in [0.5, 0.6) is 0 Å². The summed E-state index contributed by atoms with van der Waals surface area (Å²) in [6, 6.07) is 0. The molecule has 1 unspecified atom stereocenters. The van der Waals surface area contributed by atoms with Crippen molar-refractivity contribution in [3.8, 4) is 0 Å². The fourth-order valence-corrected chi connectivity index (χ4v) is 2.36. The lowest BCUT2D eigenvalue weighted by atomic mass is 9.87. The molecule has 2 N–H and O–H groups in total. The van der Waals surface area contributed by atoms with Crippen molar-refractivity contribution in [2.45, 2.75) is 26.2 Å². The first-order valence-corrected chi connectivity index (χ1v) is 5.23. The van der Waals surface area contributed by atoms with Crippen LogP contribution in [0, 0.1) is 5.92 Å². The van der Waals surface area contributed by atoms with E-state index in [1.54, 1.807) is 0 Å². The third kappa shape index (κ3) is 1.58. The number of nitrogens with two attached hydrogens (primary N) is 1. The van der Waals surface area contributed by atoms with Gasteiger partial charge in [-0.1, -0.05) is 6.08 Å². The molecule has 1 atom stereocenters. The predicted octanol–water partition coefficient (Wildman–Crippen LogP) is 1.85. The van der Waals surface area contributed by atoms with Gasteiger partial charge in [-0.2, -0.15) is 0 Å². The lowest BCUT2D eigenvalue weighted by molar-refractivity contribution is 0.249. The highest BCUT2D eigenvalue weighted by Gasteiger charge is 2.25. The maximum absolute atomic E-state index is 5.82. The summed E-state index contributed by atoms with van der Waals surface area (Å²) in [7, 11) is 0. The van der Waals surface area contributed by atoms with E-state index in [-0.39, 0.29) is 0 Å². The Morgan fingerprint density at radius 1 is 1.62 bits per heavy atom. The SMILES string of the molecule is CCN1CCCC2CC=C(N)C=C21. The minimum Gasteiger partial charge on any atom is -0.399 e. The van der Waals surface area contributed by atoms with Crippen molar-refractivity contribution < 1.29 is 0 Å². The van der Waals surface area contributed by atoms with Crippen LogP contribution < -0.4 is 5.73 Å². The molecule has 0 spiro atoms. The summed E-state index contributed by atoms with van der Waals surface area (Å²) < 4.78 is 0. The zero-order valence-corrected chi connectivity index (χ0v) is 8.29. The first-order valence-electron chi connectivity index (χ1n) is 5.23. The third-order valence-electron chi connectivity index (χ3n) is 3.10. The Hall–Kier alpha value is -0.920. The van der Waals surface area contributed by atoms with Crippen molar-refractivity contribution in [2.24, 2.45) is 11.7 Å². The zero-order valence-electron chi connectivity index (χ0n) is 8.29. The molecular weight excluding hydrogens is 160 g/mol. The first kappa shape index (κ1) is 8.67. The summed E-state index contributed by atoms with van der Waals surface area (Å²) in [6.07, 6.45) is 8.15. The highest BCUT2D eigenvalue weighted by molar-refractivity contribution is 5.27. The number of hydrogen-bond donors (Lipinski definition) is 1. The fraction of sp³-hybridized carbons (Fsp3) is 0.636. The van der Waals surface area contributed by atoms with Crippen molar-refractivity contribution in [3.63, 3.8) is 0 Å². The normalized spacial score (nSPS) is 27.8. The van der Waals surface area contributed by atoms with Crippen molar-refractivity contribution in [3.05, 3.63) is 23.5 Å². The van der Waals surface area contributed by atoms with Gasteiger partial charge in [0, 0.05) is 30.4 Å². The highest BCUT2D eigenvalue weighted by atomic mass is 15.1. The lowest BCUT2D eigenvalue weighted by Crippen LogP contribution is -2.34. The van der Waals surface area contributed by atoms with E-state index in [0.29, 0.717) is 0 Å². The van der Waals surface area contributed by atoms with Crippen LogP contribution in [0.15, 0.2) is 23.5 Å². The summed E-state index contributed by atoms with van der Waals surface area (Å²) in [6.45, 7) is 4.56. The van der Waals surface area contributed by atoms with Gasteiger partial charge in [0.2, 0.25) is 0 Å². The van der Waals surface area contributed by atoms with Gasteiger partial charge in [-0.25, -0.2) is 0 Å². The van der Waals surface area contributed by atoms with E-state index in [0.717, 1.165) is 24.6 Å². The van der Waals surface area contributed by atoms with Crippen molar-refractivity contribution >= 4 is 0 Å². The van der Waals surface area contributed by atoms with Crippen LogP contribution in [0.1, 0.15) is 26.2 Å². The molecule has 2 rings (SSSR count). The highest BCUT2D eigenvalue weighted by Crippen LogP contribution is 2.32. The van der Waals surface area contributed by atoms with Crippen molar-refractivity contribution in [1.29, 1.82) is 0 Å². The van der Waals surface area contributed by atoms with Crippen molar-refractivity contribution in [2.75, 3.05) is 13.1 Å². The molecule has 13 heavy (non-hydrogen) atoms. The molecule has 2 heteroatoms. The average Bonchev–Trinajstić information content (AvgIpc) is 2.17. The van der Waals surface area contributed by atoms with E-state index in [4.69, 9.17) is 5.73 Å². The molecule has 0 aromatic heterocycles. The van der Waals surface area contributed by atoms with Gasteiger partial charge in [-0.3, -0.25) is 0 Å². The summed E-state index contributed by atoms with van der Waals surface area (Å²) in [5.74, 6) is 0.751. The van der Waals surface area contributed by atoms with Crippen LogP contribution >= 0.6 is 0 Å². The van der Waals surface area contributed by atoms with E-state index in [1.165, 1.54) is 25.1 Å². The Morgan fingerprint density at radius 2 is 2.46 bits per heavy atom. The van der Waals surface area contributed by atoms with E-state index >= 15 is 0 Å². The number of rotatable bonds is 1. The maximum atomic E-state index is 5.82. The molecule has 1 aliphatic carbocycles. The molecule has 2 aliphatic rings. The number of hydrogen-bond acceptors (Lipinski definition) is 2. The summed E-state index contributed by atoms with van der Waals surface area (Å²) >= 11 is 0. The molecule has 1 heterocycles. The molecule has 72 valence electrons. The molecule has 0 amide bonds. The van der Waals surface area contributed by atoms with Crippen LogP contribution in [0.2, 0.25) is 0 Å². The maximum Gasteiger partial charge on any atom is 0.0291 e. The zero-order chi connectivity index (χ0) is 9.26. The Kier molecular flexibility index (Phi) is 2.30. The van der Waals surface area contributed by atoms with Crippen LogP contribution in [0.3, 0.4) is 0 Å². The second kappa shape index (κ2) is 3.44. The Morgan fingerprint density at radius 3 is 3.23 bits per heavy atom.